The van der Waals surface area contributed by atoms with Crippen molar-refractivity contribution in [2.24, 2.45) is 0 Å². The van der Waals surface area contributed by atoms with Crippen molar-refractivity contribution >= 4 is 0 Å². The van der Waals surface area contributed by atoms with Crippen LogP contribution in [0.4, 0.5) is 0 Å². The minimum atomic E-state index is 0.190. The molecule has 1 aromatic carbocycles. The average molecular weight is 292 g/mol. The molecule has 2 rings (SSSR count). The number of hydrogen-bond donors (Lipinski definition) is 1. The number of likely N-dealkylation sites (N-methyl/N-ethyl adjacent to an activating group) is 2. The third kappa shape index (κ3) is 3.76. The number of morpholine rings is 1. The molecule has 0 spiro atoms. The van der Waals surface area contributed by atoms with Crippen LogP contribution in [0.1, 0.15) is 29.7 Å². The summed E-state index contributed by atoms with van der Waals surface area (Å²) in [6.45, 7) is 10.1. The van der Waals surface area contributed by atoms with Crippen LogP contribution in [0.5, 0.6) is 5.75 Å². The largest absolute Gasteiger partial charge is 0.496 e. The van der Waals surface area contributed by atoms with Gasteiger partial charge in [-0.1, -0.05) is 13.0 Å². The lowest BCUT2D eigenvalue weighted by Crippen LogP contribution is -2.46. The molecular formula is C17H28N2O2. The maximum Gasteiger partial charge on any atom is 0.122 e. The standard InChI is InChI=1S/C17H28N2O2/c1-6-18-17(16-11-19(4)7-8-21-16)14-9-13(3)15(20-5)10-12(14)2/h9-10,16-18H,6-8,11H2,1-5H3. The summed E-state index contributed by atoms with van der Waals surface area (Å²) in [6, 6.07) is 4.59. The molecule has 1 aromatic rings. The molecule has 0 saturated carbocycles. The molecule has 0 aliphatic carbocycles. The highest BCUT2D eigenvalue weighted by Gasteiger charge is 2.28. The summed E-state index contributed by atoms with van der Waals surface area (Å²) in [5.41, 5.74) is 3.74. The van der Waals surface area contributed by atoms with Gasteiger partial charge in [0.25, 0.3) is 0 Å². The van der Waals surface area contributed by atoms with Crippen molar-refractivity contribution in [2.75, 3.05) is 40.4 Å². The third-order valence-electron chi connectivity index (χ3n) is 4.21. The van der Waals surface area contributed by atoms with Gasteiger partial charge in [0, 0.05) is 13.1 Å². The Bertz CT molecular complexity index is 476. The highest BCUT2D eigenvalue weighted by atomic mass is 16.5. The van der Waals surface area contributed by atoms with Gasteiger partial charge in [0.05, 0.1) is 25.9 Å². The lowest BCUT2D eigenvalue weighted by atomic mass is 9.93. The fraction of sp³-hybridized carbons (Fsp3) is 0.647. The van der Waals surface area contributed by atoms with Gasteiger partial charge < -0.3 is 19.7 Å². The number of nitrogens with one attached hydrogen (secondary N) is 1. The van der Waals surface area contributed by atoms with Crippen LogP contribution in [-0.4, -0.2) is 51.4 Å². The first kappa shape index (κ1) is 16.3. The van der Waals surface area contributed by atoms with Gasteiger partial charge in [0.1, 0.15) is 5.75 Å². The zero-order valence-electron chi connectivity index (χ0n) is 13.9. The molecule has 4 heteroatoms. The molecular weight excluding hydrogens is 264 g/mol. The molecule has 0 radical (unpaired) electrons. The van der Waals surface area contributed by atoms with Gasteiger partial charge in [0.15, 0.2) is 0 Å². The summed E-state index contributed by atoms with van der Waals surface area (Å²) < 4.78 is 11.5. The molecule has 1 aliphatic rings. The second kappa shape index (κ2) is 7.25. The number of benzene rings is 1. The molecule has 2 atom stereocenters. The monoisotopic (exact) mass is 292 g/mol. The van der Waals surface area contributed by atoms with Crippen LogP contribution < -0.4 is 10.1 Å². The van der Waals surface area contributed by atoms with E-state index in [0.717, 1.165) is 32.0 Å². The van der Waals surface area contributed by atoms with Crippen molar-refractivity contribution in [1.82, 2.24) is 10.2 Å². The van der Waals surface area contributed by atoms with Crippen molar-refractivity contribution in [3.05, 3.63) is 28.8 Å². The summed E-state index contributed by atoms with van der Waals surface area (Å²) in [5.74, 6) is 0.952. The van der Waals surface area contributed by atoms with Gasteiger partial charge in [-0.25, -0.2) is 0 Å². The number of rotatable bonds is 5. The Balaban J connectivity index is 2.31. The fourth-order valence-corrected chi connectivity index (χ4v) is 3.04. The Morgan fingerprint density at radius 1 is 1.38 bits per heavy atom. The van der Waals surface area contributed by atoms with E-state index in [1.54, 1.807) is 7.11 Å². The quantitative estimate of drug-likeness (QED) is 0.903. The maximum absolute atomic E-state index is 6.03. The Morgan fingerprint density at radius 3 is 2.76 bits per heavy atom. The van der Waals surface area contributed by atoms with E-state index < -0.39 is 0 Å². The van der Waals surface area contributed by atoms with Crippen LogP contribution in [0.25, 0.3) is 0 Å². The van der Waals surface area contributed by atoms with Gasteiger partial charge in [-0.2, -0.15) is 0 Å². The molecule has 0 bridgehead atoms. The first-order chi connectivity index (χ1) is 10.1. The summed E-state index contributed by atoms with van der Waals surface area (Å²) >= 11 is 0. The molecule has 4 nitrogen and oxygen atoms in total. The van der Waals surface area contributed by atoms with Crippen molar-refractivity contribution in [3.8, 4) is 5.75 Å². The van der Waals surface area contributed by atoms with Gasteiger partial charge >= 0.3 is 0 Å². The van der Waals surface area contributed by atoms with Gasteiger partial charge in [-0.3, -0.25) is 0 Å². The van der Waals surface area contributed by atoms with E-state index in [1.807, 2.05) is 0 Å². The first-order valence-electron chi connectivity index (χ1n) is 7.75. The molecule has 1 heterocycles. The number of nitrogens with zero attached hydrogens (tertiary/aromatic N) is 1. The molecule has 1 saturated heterocycles. The minimum Gasteiger partial charge on any atom is -0.496 e. The van der Waals surface area contributed by atoms with E-state index in [4.69, 9.17) is 9.47 Å². The molecule has 1 N–H and O–H groups in total. The van der Waals surface area contributed by atoms with Crippen LogP contribution >= 0.6 is 0 Å². The van der Waals surface area contributed by atoms with Gasteiger partial charge in [-0.05, 0) is 50.2 Å². The fourth-order valence-electron chi connectivity index (χ4n) is 3.04. The molecule has 2 unspecified atom stereocenters. The SMILES string of the molecule is CCNC(c1cc(C)c(OC)cc1C)C1CN(C)CCO1. The van der Waals surface area contributed by atoms with Crippen molar-refractivity contribution < 1.29 is 9.47 Å². The number of ether oxygens (including phenoxy) is 2. The Kier molecular flexibility index (Phi) is 5.62. The summed E-state index contributed by atoms with van der Waals surface area (Å²) in [6.07, 6.45) is 0.190. The molecule has 118 valence electrons. The lowest BCUT2D eigenvalue weighted by Gasteiger charge is -2.36. The molecule has 21 heavy (non-hydrogen) atoms. The second-order valence-electron chi connectivity index (χ2n) is 5.89. The Labute approximate surface area is 128 Å². The van der Waals surface area contributed by atoms with Crippen LogP contribution in [0, 0.1) is 13.8 Å². The predicted octanol–water partition coefficient (Wildman–Crippen LogP) is 2.29. The zero-order valence-corrected chi connectivity index (χ0v) is 13.9. The van der Waals surface area contributed by atoms with Crippen molar-refractivity contribution in [2.45, 2.75) is 32.9 Å². The van der Waals surface area contributed by atoms with E-state index in [2.05, 4.69) is 50.2 Å². The Morgan fingerprint density at radius 2 is 2.14 bits per heavy atom. The van der Waals surface area contributed by atoms with Crippen LogP contribution in [0.3, 0.4) is 0 Å². The average Bonchev–Trinajstić information content (AvgIpc) is 2.47. The van der Waals surface area contributed by atoms with Crippen LogP contribution in [0.2, 0.25) is 0 Å². The van der Waals surface area contributed by atoms with Crippen LogP contribution in [0.15, 0.2) is 12.1 Å². The maximum atomic E-state index is 6.03. The van der Waals surface area contributed by atoms with E-state index in [9.17, 15) is 0 Å². The van der Waals surface area contributed by atoms with Gasteiger partial charge in [-0.15, -0.1) is 0 Å². The normalized spacial score (nSPS) is 21.3. The summed E-state index contributed by atoms with van der Waals surface area (Å²) in [7, 11) is 3.88. The number of aryl methyl sites for hydroxylation is 2. The number of methoxy groups -OCH3 is 1. The third-order valence-corrected chi connectivity index (χ3v) is 4.21. The van der Waals surface area contributed by atoms with E-state index >= 15 is 0 Å². The summed E-state index contributed by atoms with van der Waals surface area (Å²) in [4.78, 5) is 2.34. The van der Waals surface area contributed by atoms with E-state index in [1.165, 1.54) is 16.7 Å². The topological polar surface area (TPSA) is 33.7 Å². The minimum absolute atomic E-state index is 0.190. The molecule has 0 amide bonds. The molecule has 0 aromatic heterocycles. The van der Waals surface area contributed by atoms with Crippen LogP contribution in [-0.2, 0) is 4.74 Å². The molecule has 1 aliphatic heterocycles. The summed E-state index contributed by atoms with van der Waals surface area (Å²) in [5, 5.41) is 3.60. The lowest BCUT2D eigenvalue weighted by molar-refractivity contribution is -0.0391. The predicted molar refractivity (Wildman–Crippen MR) is 86.1 cm³/mol. The van der Waals surface area contributed by atoms with E-state index in [-0.39, 0.29) is 12.1 Å². The van der Waals surface area contributed by atoms with E-state index in [0.29, 0.717) is 0 Å². The highest BCUT2D eigenvalue weighted by Crippen LogP contribution is 2.30. The smallest absolute Gasteiger partial charge is 0.122 e. The zero-order chi connectivity index (χ0) is 15.4. The second-order valence-corrected chi connectivity index (χ2v) is 5.89. The van der Waals surface area contributed by atoms with Crippen molar-refractivity contribution in [3.63, 3.8) is 0 Å². The van der Waals surface area contributed by atoms with Gasteiger partial charge in [0.2, 0.25) is 0 Å². The molecule has 1 fully saturated rings. The number of hydrogen-bond acceptors (Lipinski definition) is 4. The first-order valence-corrected chi connectivity index (χ1v) is 7.75. The van der Waals surface area contributed by atoms with Crippen molar-refractivity contribution in [1.29, 1.82) is 0 Å². The highest BCUT2D eigenvalue weighted by molar-refractivity contribution is 5.43. The Hall–Kier alpha value is -1.10.